The smallest absolute Gasteiger partial charge is 0.180 e. The predicted octanol–water partition coefficient (Wildman–Crippen LogP) is 3.28. The molecule has 4 nitrogen and oxygen atoms in total. The molecule has 2 aromatic rings. The van der Waals surface area contributed by atoms with Crippen LogP contribution in [0.25, 0.3) is 0 Å². The highest BCUT2D eigenvalue weighted by atomic mass is 79.9. The Morgan fingerprint density at radius 1 is 1.58 bits per heavy atom. The molecular formula is C13H14BrN3OS. The van der Waals surface area contributed by atoms with E-state index < -0.39 is 0 Å². The van der Waals surface area contributed by atoms with Gasteiger partial charge in [-0.2, -0.15) is 0 Å². The van der Waals surface area contributed by atoms with Crippen LogP contribution in [0.2, 0.25) is 0 Å². The number of benzene rings is 1. The number of ether oxygens (including phenoxy) is 1. The molecule has 2 heterocycles. The minimum Gasteiger partial charge on any atom is -0.487 e. The zero-order valence-electron chi connectivity index (χ0n) is 10.5. The molecule has 6 heteroatoms. The van der Waals surface area contributed by atoms with Crippen molar-refractivity contribution in [3.05, 3.63) is 33.7 Å². The summed E-state index contributed by atoms with van der Waals surface area (Å²) in [5, 5.41) is 0.616. The summed E-state index contributed by atoms with van der Waals surface area (Å²) >= 11 is 5.04. The van der Waals surface area contributed by atoms with Crippen LogP contribution in [0.15, 0.2) is 28.9 Å². The number of hydrogen-bond donors (Lipinski definition) is 1. The summed E-state index contributed by atoms with van der Waals surface area (Å²) in [6.45, 7) is 3.76. The lowest BCUT2D eigenvalue weighted by Crippen LogP contribution is -2.37. The largest absolute Gasteiger partial charge is 0.487 e. The number of halogens is 1. The van der Waals surface area contributed by atoms with E-state index in [-0.39, 0.29) is 6.10 Å². The molecule has 1 aliphatic rings. The Bertz CT molecular complexity index is 601. The number of anilines is 2. The fraction of sp³-hybridized carbons (Fsp3) is 0.308. The monoisotopic (exact) mass is 339 g/mol. The Morgan fingerprint density at radius 3 is 3.16 bits per heavy atom. The van der Waals surface area contributed by atoms with Crippen LogP contribution in [-0.4, -0.2) is 17.6 Å². The number of nitrogens with zero attached hydrogens (tertiary/aromatic N) is 2. The third kappa shape index (κ3) is 2.69. The van der Waals surface area contributed by atoms with Crippen LogP contribution in [0.3, 0.4) is 0 Å². The summed E-state index contributed by atoms with van der Waals surface area (Å²) in [6, 6.07) is 6.09. The fourth-order valence-electron chi connectivity index (χ4n) is 2.23. The van der Waals surface area contributed by atoms with Gasteiger partial charge in [0.15, 0.2) is 5.13 Å². The van der Waals surface area contributed by atoms with Gasteiger partial charge in [-0.1, -0.05) is 15.9 Å². The molecule has 19 heavy (non-hydrogen) atoms. The molecule has 1 aromatic carbocycles. The highest BCUT2D eigenvalue weighted by Gasteiger charge is 2.23. The van der Waals surface area contributed by atoms with Crippen LogP contribution in [-0.2, 0) is 6.54 Å². The molecule has 1 atom stereocenters. The van der Waals surface area contributed by atoms with Gasteiger partial charge in [0, 0.05) is 15.5 Å². The second-order valence-corrected chi connectivity index (χ2v) is 6.65. The minimum atomic E-state index is 0.180. The van der Waals surface area contributed by atoms with Crippen molar-refractivity contribution >= 4 is 38.1 Å². The van der Waals surface area contributed by atoms with Gasteiger partial charge in [0.25, 0.3) is 0 Å². The zero-order valence-corrected chi connectivity index (χ0v) is 12.9. The molecule has 0 saturated carbocycles. The van der Waals surface area contributed by atoms with Gasteiger partial charge >= 0.3 is 0 Å². The topological polar surface area (TPSA) is 51.4 Å². The molecule has 0 saturated heterocycles. The average Bonchev–Trinajstić information content (AvgIpc) is 2.76. The van der Waals surface area contributed by atoms with Gasteiger partial charge < -0.3 is 15.4 Å². The summed E-state index contributed by atoms with van der Waals surface area (Å²) < 4.78 is 6.91. The molecule has 100 valence electrons. The first-order chi connectivity index (χ1) is 9.11. The summed E-state index contributed by atoms with van der Waals surface area (Å²) in [5.74, 6) is 0.930. The zero-order chi connectivity index (χ0) is 13.4. The Balaban J connectivity index is 1.91. The van der Waals surface area contributed by atoms with Gasteiger partial charge in [0.05, 0.1) is 18.8 Å². The Morgan fingerprint density at radius 2 is 2.42 bits per heavy atom. The van der Waals surface area contributed by atoms with Gasteiger partial charge in [-0.15, -0.1) is 11.3 Å². The summed E-state index contributed by atoms with van der Waals surface area (Å²) in [5.41, 5.74) is 6.80. The summed E-state index contributed by atoms with van der Waals surface area (Å²) in [7, 11) is 0. The molecule has 2 N–H and O–H groups in total. The van der Waals surface area contributed by atoms with E-state index in [1.165, 1.54) is 11.3 Å². The molecule has 0 spiro atoms. The van der Waals surface area contributed by atoms with Crippen molar-refractivity contribution in [1.29, 1.82) is 0 Å². The van der Waals surface area contributed by atoms with Gasteiger partial charge in [-0.3, -0.25) is 0 Å². The lowest BCUT2D eigenvalue weighted by molar-refractivity contribution is 0.212. The average molecular weight is 340 g/mol. The van der Waals surface area contributed by atoms with E-state index in [0.29, 0.717) is 5.13 Å². The molecule has 0 radical (unpaired) electrons. The van der Waals surface area contributed by atoms with Crippen LogP contribution >= 0.6 is 27.3 Å². The molecule has 1 aliphatic heterocycles. The van der Waals surface area contributed by atoms with Crippen LogP contribution in [0.4, 0.5) is 10.8 Å². The number of aromatic nitrogens is 1. The number of nitrogen functional groups attached to an aromatic ring is 1. The van der Waals surface area contributed by atoms with E-state index >= 15 is 0 Å². The maximum Gasteiger partial charge on any atom is 0.180 e. The summed E-state index contributed by atoms with van der Waals surface area (Å²) in [6.07, 6.45) is 2.02. The lowest BCUT2D eigenvalue weighted by atomic mass is 10.2. The third-order valence-corrected chi connectivity index (χ3v) is 4.29. The number of rotatable bonds is 2. The molecular weight excluding hydrogens is 326 g/mol. The van der Waals surface area contributed by atoms with Crippen molar-refractivity contribution in [2.75, 3.05) is 17.2 Å². The number of thiazole rings is 1. The van der Waals surface area contributed by atoms with Crippen molar-refractivity contribution in [2.24, 2.45) is 0 Å². The van der Waals surface area contributed by atoms with Crippen molar-refractivity contribution in [2.45, 2.75) is 19.6 Å². The number of hydrogen-bond acceptors (Lipinski definition) is 5. The molecule has 3 rings (SSSR count). The molecule has 0 amide bonds. The van der Waals surface area contributed by atoms with Gasteiger partial charge in [-0.05, 0) is 25.1 Å². The molecule has 1 aromatic heterocycles. The SMILES string of the molecule is CC1CN(Cc2cnc(N)s2)c2cc(Br)ccc2O1. The minimum absolute atomic E-state index is 0.180. The highest BCUT2D eigenvalue weighted by Crippen LogP contribution is 2.37. The second kappa shape index (κ2) is 5.02. The van der Waals surface area contributed by atoms with E-state index in [9.17, 15) is 0 Å². The van der Waals surface area contributed by atoms with E-state index in [1.54, 1.807) is 0 Å². The van der Waals surface area contributed by atoms with Crippen molar-refractivity contribution in [3.63, 3.8) is 0 Å². The molecule has 1 unspecified atom stereocenters. The number of fused-ring (bicyclic) bond motifs is 1. The van der Waals surface area contributed by atoms with Crippen LogP contribution in [0, 0.1) is 0 Å². The molecule has 0 bridgehead atoms. The van der Waals surface area contributed by atoms with E-state index in [0.717, 1.165) is 33.9 Å². The quantitative estimate of drug-likeness (QED) is 0.912. The van der Waals surface area contributed by atoms with Gasteiger partial charge in [-0.25, -0.2) is 4.98 Å². The van der Waals surface area contributed by atoms with Crippen LogP contribution in [0.5, 0.6) is 5.75 Å². The first kappa shape index (κ1) is 12.7. The maximum absolute atomic E-state index is 5.86. The van der Waals surface area contributed by atoms with E-state index in [1.807, 2.05) is 18.3 Å². The highest BCUT2D eigenvalue weighted by molar-refractivity contribution is 9.10. The second-order valence-electron chi connectivity index (χ2n) is 4.59. The van der Waals surface area contributed by atoms with Gasteiger partial charge in [0.2, 0.25) is 0 Å². The number of nitrogens with two attached hydrogens (primary N) is 1. The first-order valence-corrected chi connectivity index (χ1v) is 7.64. The van der Waals surface area contributed by atoms with Crippen LogP contribution < -0.4 is 15.4 Å². The predicted molar refractivity (Wildman–Crippen MR) is 81.8 cm³/mol. The lowest BCUT2D eigenvalue weighted by Gasteiger charge is -2.34. The van der Waals surface area contributed by atoms with Crippen molar-refractivity contribution < 1.29 is 4.74 Å². The van der Waals surface area contributed by atoms with E-state index in [2.05, 4.69) is 38.8 Å². The Kier molecular flexibility index (Phi) is 3.36. The maximum atomic E-state index is 5.86. The van der Waals surface area contributed by atoms with Crippen molar-refractivity contribution in [1.82, 2.24) is 4.98 Å². The van der Waals surface area contributed by atoms with Crippen LogP contribution in [0.1, 0.15) is 11.8 Å². The van der Waals surface area contributed by atoms with Gasteiger partial charge in [0.1, 0.15) is 11.9 Å². The summed E-state index contributed by atoms with van der Waals surface area (Å²) in [4.78, 5) is 7.57. The molecule has 0 fully saturated rings. The normalized spacial score (nSPS) is 18.0. The van der Waals surface area contributed by atoms with Crippen molar-refractivity contribution in [3.8, 4) is 5.75 Å². The van der Waals surface area contributed by atoms with E-state index in [4.69, 9.17) is 10.5 Å². The Hall–Kier alpha value is -1.27. The Labute approximate surface area is 124 Å². The fourth-order valence-corrected chi connectivity index (χ4v) is 3.28. The third-order valence-electron chi connectivity index (χ3n) is 2.99. The standard InChI is InChI=1S/C13H14BrN3OS/c1-8-6-17(7-10-5-16-13(15)19-10)11-4-9(14)2-3-12(11)18-8/h2-5,8H,6-7H2,1H3,(H2,15,16). The first-order valence-electron chi connectivity index (χ1n) is 6.03. The molecule has 0 aliphatic carbocycles.